The minimum atomic E-state index is -0.0104. The predicted molar refractivity (Wildman–Crippen MR) is 79.5 cm³/mol. The largest absolute Gasteiger partial charge is 0.396 e. The molecule has 1 aromatic rings. The second-order valence-corrected chi connectivity index (χ2v) is 5.50. The van der Waals surface area contributed by atoms with Crippen LogP contribution in [-0.4, -0.2) is 35.2 Å². The van der Waals surface area contributed by atoms with Crippen LogP contribution >= 0.6 is 0 Å². The monoisotopic (exact) mass is 276 g/mol. The average molecular weight is 276 g/mol. The summed E-state index contributed by atoms with van der Waals surface area (Å²) in [6.07, 6.45) is 3.88. The maximum atomic E-state index is 12.3. The van der Waals surface area contributed by atoms with Gasteiger partial charge >= 0.3 is 6.03 Å². The quantitative estimate of drug-likeness (QED) is 0.887. The van der Waals surface area contributed by atoms with Gasteiger partial charge in [0.25, 0.3) is 0 Å². The summed E-state index contributed by atoms with van der Waals surface area (Å²) >= 11 is 0. The minimum Gasteiger partial charge on any atom is -0.396 e. The molecule has 1 saturated heterocycles. The molecule has 1 heterocycles. The summed E-state index contributed by atoms with van der Waals surface area (Å²) in [5.74, 6) is 0. The van der Waals surface area contributed by atoms with E-state index in [4.69, 9.17) is 5.11 Å². The first-order valence-electron chi connectivity index (χ1n) is 7.41. The van der Waals surface area contributed by atoms with Crippen molar-refractivity contribution in [1.82, 2.24) is 10.2 Å². The number of hydrogen-bond acceptors (Lipinski definition) is 2. The van der Waals surface area contributed by atoms with E-state index in [-0.39, 0.29) is 18.7 Å². The summed E-state index contributed by atoms with van der Waals surface area (Å²) in [5.41, 5.74) is 2.33. The van der Waals surface area contributed by atoms with Crippen LogP contribution in [0.4, 0.5) is 4.79 Å². The highest BCUT2D eigenvalue weighted by atomic mass is 16.3. The molecule has 1 fully saturated rings. The number of urea groups is 1. The number of aliphatic hydroxyl groups is 1. The van der Waals surface area contributed by atoms with Gasteiger partial charge in [-0.2, -0.15) is 0 Å². The summed E-state index contributed by atoms with van der Waals surface area (Å²) in [6, 6.07) is 8.36. The number of carbonyl (C=O) groups excluding carboxylic acids is 1. The molecular weight excluding hydrogens is 252 g/mol. The number of likely N-dealkylation sites (tertiary alicyclic amines) is 1. The number of carbonyl (C=O) groups is 1. The fourth-order valence-corrected chi connectivity index (χ4v) is 2.70. The fourth-order valence-electron chi connectivity index (χ4n) is 2.70. The Kier molecular flexibility index (Phi) is 5.41. The maximum absolute atomic E-state index is 12.3. The molecule has 1 aliphatic rings. The minimum absolute atomic E-state index is 0.0104. The molecular formula is C16H24N2O2. The number of aryl methyl sites for hydroxylation is 1. The van der Waals surface area contributed by atoms with E-state index in [1.54, 1.807) is 0 Å². The van der Waals surface area contributed by atoms with Crippen LogP contribution in [0.1, 0.15) is 36.8 Å². The van der Waals surface area contributed by atoms with Gasteiger partial charge in [-0.3, -0.25) is 0 Å². The molecule has 0 aliphatic carbocycles. The lowest BCUT2D eigenvalue weighted by Crippen LogP contribution is -2.48. The highest BCUT2D eigenvalue weighted by molar-refractivity contribution is 5.74. The Morgan fingerprint density at radius 3 is 2.80 bits per heavy atom. The van der Waals surface area contributed by atoms with Crippen molar-refractivity contribution in [2.24, 2.45) is 0 Å². The molecule has 0 spiro atoms. The van der Waals surface area contributed by atoms with Crippen LogP contribution in [0.3, 0.4) is 0 Å². The number of amides is 2. The van der Waals surface area contributed by atoms with Gasteiger partial charge in [0.15, 0.2) is 0 Å². The number of aliphatic hydroxyl groups excluding tert-OH is 1. The van der Waals surface area contributed by atoms with Crippen LogP contribution in [0.5, 0.6) is 0 Å². The third kappa shape index (κ3) is 3.97. The van der Waals surface area contributed by atoms with Crippen molar-refractivity contribution < 1.29 is 9.90 Å². The van der Waals surface area contributed by atoms with Gasteiger partial charge in [0.05, 0.1) is 0 Å². The number of rotatable bonds is 4. The van der Waals surface area contributed by atoms with Crippen LogP contribution in [0.25, 0.3) is 0 Å². The zero-order valence-corrected chi connectivity index (χ0v) is 12.1. The van der Waals surface area contributed by atoms with Crippen LogP contribution < -0.4 is 5.32 Å². The summed E-state index contributed by atoms with van der Waals surface area (Å²) < 4.78 is 0. The van der Waals surface area contributed by atoms with Gasteiger partial charge < -0.3 is 15.3 Å². The van der Waals surface area contributed by atoms with E-state index in [1.165, 1.54) is 5.56 Å². The van der Waals surface area contributed by atoms with Gasteiger partial charge in [-0.05, 0) is 38.2 Å². The highest BCUT2D eigenvalue weighted by Crippen LogP contribution is 2.19. The molecule has 1 aromatic carbocycles. The summed E-state index contributed by atoms with van der Waals surface area (Å²) in [5, 5.41) is 12.1. The van der Waals surface area contributed by atoms with Gasteiger partial charge in [0, 0.05) is 25.7 Å². The Hall–Kier alpha value is -1.55. The SMILES string of the molecule is Cc1ccc(CNC(=O)N2CCCCC2CCO)cc1. The normalized spacial score (nSPS) is 18.9. The first-order chi connectivity index (χ1) is 9.70. The molecule has 1 atom stereocenters. The molecule has 0 bridgehead atoms. The van der Waals surface area contributed by atoms with Crippen LogP contribution in [-0.2, 0) is 6.54 Å². The van der Waals surface area contributed by atoms with Crippen molar-refractivity contribution in [2.75, 3.05) is 13.2 Å². The molecule has 2 N–H and O–H groups in total. The Labute approximate surface area is 120 Å². The molecule has 2 amide bonds. The van der Waals surface area contributed by atoms with Crippen molar-refractivity contribution in [1.29, 1.82) is 0 Å². The number of nitrogens with zero attached hydrogens (tertiary/aromatic N) is 1. The molecule has 110 valence electrons. The summed E-state index contributed by atoms with van der Waals surface area (Å²) in [6.45, 7) is 3.55. The second kappa shape index (κ2) is 7.29. The van der Waals surface area contributed by atoms with E-state index < -0.39 is 0 Å². The van der Waals surface area contributed by atoms with Gasteiger partial charge in [-0.1, -0.05) is 29.8 Å². The molecule has 0 aromatic heterocycles. The molecule has 1 unspecified atom stereocenters. The second-order valence-electron chi connectivity index (χ2n) is 5.50. The number of nitrogens with one attached hydrogen (secondary N) is 1. The number of piperidine rings is 1. The molecule has 4 heteroatoms. The lowest BCUT2D eigenvalue weighted by molar-refractivity contribution is 0.131. The van der Waals surface area contributed by atoms with Crippen molar-refractivity contribution in [3.05, 3.63) is 35.4 Å². The first kappa shape index (κ1) is 14.9. The van der Waals surface area contributed by atoms with Crippen LogP contribution in [0.15, 0.2) is 24.3 Å². The van der Waals surface area contributed by atoms with Crippen molar-refractivity contribution in [3.8, 4) is 0 Å². The molecule has 1 aliphatic heterocycles. The smallest absolute Gasteiger partial charge is 0.317 e. The maximum Gasteiger partial charge on any atom is 0.317 e. The summed E-state index contributed by atoms with van der Waals surface area (Å²) in [4.78, 5) is 14.1. The Morgan fingerprint density at radius 1 is 1.35 bits per heavy atom. The molecule has 4 nitrogen and oxygen atoms in total. The lowest BCUT2D eigenvalue weighted by Gasteiger charge is -2.35. The topological polar surface area (TPSA) is 52.6 Å². The standard InChI is InChI=1S/C16H24N2O2/c1-13-5-7-14(8-6-13)12-17-16(20)18-10-3-2-4-15(18)9-11-19/h5-8,15,19H,2-4,9-12H2,1H3,(H,17,20). The third-order valence-corrected chi connectivity index (χ3v) is 3.91. The Bertz CT molecular complexity index is 429. The van der Waals surface area contributed by atoms with E-state index in [0.717, 1.165) is 31.4 Å². The third-order valence-electron chi connectivity index (χ3n) is 3.91. The van der Waals surface area contributed by atoms with E-state index in [9.17, 15) is 4.79 Å². The van der Waals surface area contributed by atoms with E-state index >= 15 is 0 Å². The van der Waals surface area contributed by atoms with Crippen LogP contribution in [0, 0.1) is 6.92 Å². The average Bonchev–Trinajstić information content (AvgIpc) is 2.47. The molecule has 0 radical (unpaired) electrons. The van der Waals surface area contributed by atoms with Gasteiger partial charge in [-0.15, -0.1) is 0 Å². The number of hydrogen-bond donors (Lipinski definition) is 2. The van der Waals surface area contributed by atoms with E-state index in [0.29, 0.717) is 13.0 Å². The number of benzene rings is 1. The Morgan fingerprint density at radius 2 is 2.10 bits per heavy atom. The molecule has 0 saturated carbocycles. The zero-order chi connectivity index (χ0) is 14.4. The zero-order valence-electron chi connectivity index (χ0n) is 12.1. The summed E-state index contributed by atoms with van der Waals surface area (Å²) in [7, 11) is 0. The first-order valence-corrected chi connectivity index (χ1v) is 7.41. The van der Waals surface area contributed by atoms with Crippen LogP contribution in [0.2, 0.25) is 0 Å². The van der Waals surface area contributed by atoms with Crippen molar-refractivity contribution in [2.45, 2.75) is 45.2 Å². The van der Waals surface area contributed by atoms with Gasteiger partial charge in [0.1, 0.15) is 0 Å². The lowest BCUT2D eigenvalue weighted by atomic mass is 10.0. The predicted octanol–water partition coefficient (Wildman–Crippen LogP) is 2.44. The highest BCUT2D eigenvalue weighted by Gasteiger charge is 2.25. The Balaban J connectivity index is 1.88. The fraction of sp³-hybridized carbons (Fsp3) is 0.562. The van der Waals surface area contributed by atoms with Gasteiger partial charge in [0.2, 0.25) is 0 Å². The molecule has 2 rings (SSSR count). The van der Waals surface area contributed by atoms with E-state index in [2.05, 4.69) is 24.4 Å². The van der Waals surface area contributed by atoms with E-state index in [1.807, 2.05) is 17.0 Å². The van der Waals surface area contributed by atoms with Crippen molar-refractivity contribution >= 4 is 6.03 Å². The van der Waals surface area contributed by atoms with Crippen molar-refractivity contribution in [3.63, 3.8) is 0 Å². The van der Waals surface area contributed by atoms with Gasteiger partial charge in [-0.25, -0.2) is 4.79 Å². The molecule has 20 heavy (non-hydrogen) atoms.